The van der Waals surface area contributed by atoms with Crippen molar-refractivity contribution in [2.45, 2.75) is 25.3 Å². The van der Waals surface area contributed by atoms with Crippen LogP contribution in [-0.2, 0) is 11.3 Å². The van der Waals surface area contributed by atoms with Gasteiger partial charge in [-0.3, -0.25) is 0 Å². The summed E-state index contributed by atoms with van der Waals surface area (Å²) in [5.74, 6) is 2.68. The van der Waals surface area contributed by atoms with Crippen LogP contribution < -0.4 is 4.90 Å². The van der Waals surface area contributed by atoms with Gasteiger partial charge in [-0.15, -0.1) is 0 Å². The third-order valence-corrected chi connectivity index (χ3v) is 4.79. The quantitative estimate of drug-likeness (QED) is 0.679. The van der Waals surface area contributed by atoms with Gasteiger partial charge >= 0.3 is 0 Å². The van der Waals surface area contributed by atoms with Crippen molar-refractivity contribution < 1.29 is 9.26 Å². The summed E-state index contributed by atoms with van der Waals surface area (Å²) in [6.07, 6.45) is 6.09. The molecule has 136 valence electrons. The molecule has 0 amide bonds. The molecule has 1 aromatic carbocycles. The van der Waals surface area contributed by atoms with Gasteiger partial charge in [-0.25, -0.2) is 4.98 Å². The average Bonchev–Trinajstić information content (AvgIpc) is 3.37. The molecule has 1 atom stereocenters. The van der Waals surface area contributed by atoms with Gasteiger partial charge in [0.15, 0.2) is 0 Å². The molecule has 7 nitrogen and oxygen atoms in total. The molecule has 0 spiro atoms. The molecule has 0 N–H and O–H groups in total. The fourth-order valence-electron chi connectivity index (χ4n) is 3.47. The Morgan fingerprint density at radius 3 is 3.00 bits per heavy atom. The standard InChI is InChI=1S/C19H23N5O2/c1-25-13-12-23-11-9-20-17(23)16-8-5-10-24(14-16)19-21-18(26-22-19)15-6-3-2-4-7-15/h2-4,6-7,9,11,16H,5,8,10,12-14H2,1H3/t16-/m1/s1. The highest BCUT2D eigenvalue weighted by Crippen LogP contribution is 2.29. The predicted molar refractivity (Wildman–Crippen MR) is 98.0 cm³/mol. The molecule has 26 heavy (non-hydrogen) atoms. The lowest BCUT2D eigenvalue weighted by Gasteiger charge is -2.31. The number of nitrogens with zero attached hydrogens (tertiary/aromatic N) is 5. The van der Waals surface area contributed by atoms with Crippen molar-refractivity contribution in [3.8, 4) is 11.5 Å². The molecule has 0 radical (unpaired) electrons. The maximum absolute atomic E-state index is 5.47. The average molecular weight is 353 g/mol. The molecule has 1 fully saturated rings. The van der Waals surface area contributed by atoms with Crippen LogP contribution in [0, 0.1) is 0 Å². The fourth-order valence-corrected chi connectivity index (χ4v) is 3.47. The van der Waals surface area contributed by atoms with Crippen molar-refractivity contribution in [1.29, 1.82) is 0 Å². The van der Waals surface area contributed by atoms with Crippen LogP contribution in [0.2, 0.25) is 0 Å². The summed E-state index contributed by atoms with van der Waals surface area (Å²) in [6.45, 7) is 3.29. The van der Waals surface area contributed by atoms with Gasteiger partial charge in [0.2, 0.25) is 0 Å². The fraction of sp³-hybridized carbons (Fsp3) is 0.421. The second-order valence-corrected chi connectivity index (χ2v) is 6.52. The molecular formula is C19H23N5O2. The van der Waals surface area contributed by atoms with Crippen molar-refractivity contribution in [2.75, 3.05) is 31.7 Å². The molecule has 3 heterocycles. The summed E-state index contributed by atoms with van der Waals surface area (Å²) in [5.41, 5.74) is 0.940. The van der Waals surface area contributed by atoms with Crippen LogP contribution in [0.25, 0.3) is 11.5 Å². The Morgan fingerprint density at radius 2 is 2.15 bits per heavy atom. The van der Waals surface area contributed by atoms with Crippen LogP contribution >= 0.6 is 0 Å². The number of hydrogen-bond donors (Lipinski definition) is 0. The number of rotatable bonds is 6. The van der Waals surface area contributed by atoms with E-state index in [9.17, 15) is 0 Å². The number of ether oxygens (including phenoxy) is 1. The SMILES string of the molecule is COCCn1ccnc1[C@@H]1CCCN(c2noc(-c3ccccc3)n2)C1. The van der Waals surface area contributed by atoms with Gasteiger partial charge < -0.3 is 18.7 Å². The first-order valence-electron chi connectivity index (χ1n) is 8.99. The minimum Gasteiger partial charge on any atom is -0.383 e. The van der Waals surface area contributed by atoms with E-state index in [2.05, 4.69) is 24.6 Å². The summed E-state index contributed by atoms with van der Waals surface area (Å²) in [7, 11) is 1.72. The van der Waals surface area contributed by atoms with Crippen LogP contribution in [0.15, 0.2) is 47.2 Å². The summed E-state index contributed by atoms with van der Waals surface area (Å²) in [5, 5.41) is 4.20. The van der Waals surface area contributed by atoms with E-state index in [1.54, 1.807) is 7.11 Å². The molecule has 1 aliphatic rings. The van der Waals surface area contributed by atoms with Crippen molar-refractivity contribution in [3.05, 3.63) is 48.5 Å². The number of benzene rings is 1. The number of piperidine rings is 1. The molecule has 1 saturated heterocycles. The first-order valence-corrected chi connectivity index (χ1v) is 8.99. The second-order valence-electron chi connectivity index (χ2n) is 6.52. The summed E-state index contributed by atoms with van der Waals surface area (Å²) in [4.78, 5) is 11.4. The van der Waals surface area contributed by atoms with E-state index in [4.69, 9.17) is 9.26 Å². The van der Waals surface area contributed by atoms with Gasteiger partial charge in [-0.05, 0) is 30.1 Å². The lowest BCUT2D eigenvalue weighted by Crippen LogP contribution is -2.36. The van der Waals surface area contributed by atoms with E-state index in [-0.39, 0.29) is 0 Å². The van der Waals surface area contributed by atoms with Gasteiger partial charge in [0.25, 0.3) is 11.8 Å². The van der Waals surface area contributed by atoms with E-state index in [0.29, 0.717) is 24.4 Å². The van der Waals surface area contributed by atoms with Crippen molar-refractivity contribution >= 4 is 5.95 Å². The van der Waals surface area contributed by atoms with Gasteiger partial charge in [-0.1, -0.05) is 18.2 Å². The third-order valence-electron chi connectivity index (χ3n) is 4.79. The smallest absolute Gasteiger partial charge is 0.266 e. The molecule has 0 unspecified atom stereocenters. The van der Waals surface area contributed by atoms with Crippen LogP contribution in [0.5, 0.6) is 0 Å². The molecular weight excluding hydrogens is 330 g/mol. The summed E-state index contributed by atoms with van der Waals surface area (Å²) >= 11 is 0. The first kappa shape index (κ1) is 16.8. The largest absolute Gasteiger partial charge is 0.383 e. The maximum Gasteiger partial charge on any atom is 0.266 e. The number of hydrogen-bond acceptors (Lipinski definition) is 6. The molecule has 4 rings (SSSR count). The molecule has 3 aromatic rings. The summed E-state index contributed by atoms with van der Waals surface area (Å²) < 4.78 is 12.9. The highest BCUT2D eigenvalue weighted by Gasteiger charge is 2.27. The normalized spacial score (nSPS) is 17.6. The van der Waals surface area contributed by atoms with Crippen molar-refractivity contribution in [2.24, 2.45) is 0 Å². The highest BCUT2D eigenvalue weighted by molar-refractivity contribution is 5.54. The Balaban J connectivity index is 1.49. The van der Waals surface area contributed by atoms with Gasteiger partial charge in [0.1, 0.15) is 5.82 Å². The van der Waals surface area contributed by atoms with Crippen molar-refractivity contribution in [3.63, 3.8) is 0 Å². The third kappa shape index (κ3) is 3.48. The number of methoxy groups -OCH3 is 1. The van der Waals surface area contributed by atoms with Gasteiger partial charge in [0.05, 0.1) is 6.61 Å². The Labute approximate surface area is 152 Å². The van der Waals surface area contributed by atoms with Gasteiger partial charge in [0, 0.05) is 50.6 Å². The number of imidazole rings is 1. The van der Waals surface area contributed by atoms with Crippen LogP contribution in [-0.4, -0.2) is 46.5 Å². The topological polar surface area (TPSA) is 69.2 Å². The highest BCUT2D eigenvalue weighted by atomic mass is 16.5. The molecule has 2 aromatic heterocycles. The maximum atomic E-state index is 5.47. The van der Waals surface area contributed by atoms with Crippen LogP contribution in [0.4, 0.5) is 5.95 Å². The molecule has 0 aliphatic carbocycles. The molecule has 0 bridgehead atoms. The molecule has 1 aliphatic heterocycles. The van der Waals surface area contributed by atoms with Gasteiger partial charge in [-0.2, -0.15) is 4.98 Å². The Morgan fingerprint density at radius 1 is 1.27 bits per heavy atom. The zero-order valence-electron chi connectivity index (χ0n) is 14.9. The Kier molecular flexibility index (Phi) is 4.97. The van der Waals surface area contributed by atoms with E-state index in [0.717, 1.165) is 43.9 Å². The van der Waals surface area contributed by atoms with Crippen LogP contribution in [0.3, 0.4) is 0 Å². The lowest BCUT2D eigenvalue weighted by molar-refractivity contribution is 0.185. The van der Waals surface area contributed by atoms with E-state index < -0.39 is 0 Å². The predicted octanol–water partition coefficient (Wildman–Crippen LogP) is 2.96. The minimum absolute atomic E-state index is 0.356. The molecule has 0 saturated carbocycles. The Bertz CT molecular complexity index is 829. The minimum atomic E-state index is 0.356. The molecule has 7 heteroatoms. The zero-order chi connectivity index (χ0) is 17.8. The number of aromatic nitrogens is 4. The van der Waals surface area contributed by atoms with E-state index >= 15 is 0 Å². The second kappa shape index (κ2) is 7.70. The summed E-state index contributed by atoms with van der Waals surface area (Å²) in [6, 6.07) is 9.86. The van der Waals surface area contributed by atoms with E-state index in [1.165, 1.54) is 0 Å². The van der Waals surface area contributed by atoms with Crippen molar-refractivity contribution in [1.82, 2.24) is 19.7 Å². The van der Waals surface area contributed by atoms with E-state index in [1.807, 2.05) is 42.7 Å². The monoisotopic (exact) mass is 353 g/mol. The first-order chi connectivity index (χ1) is 12.8. The zero-order valence-corrected chi connectivity index (χ0v) is 14.9. The Hall–Kier alpha value is -2.67. The van der Waals surface area contributed by atoms with Crippen LogP contribution in [0.1, 0.15) is 24.6 Å². The lowest BCUT2D eigenvalue weighted by atomic mass is 9.97. The number of anilines is 1.